The summed E-state index contributed by atoms with van der Waals surface area (Å²) >= 11 is 1.00. The predicted molar refractivity (Wildman–Crippen MR) is 135 cm³/mol. The van der Waals surface area contributed by atoms with Crippen LogP contribution in [0.25, 0.3) is 16.0 Å². The number of thiazole rings is 1. The van der Waals surface area contributed by atoms with E-state index in [-0.39, 0.29) is 22.0 Å². The smallest absolute Gasteiger partial charge is 0.301 e. The van der Waals surface area contributed by atoms with Gasteiger partial charge in [0.2, 0.25) is 0 Å². The lowest BCUT2D eigenvalue weighted by Crippen LogP contribution is -2.29. The molecule has 1 saturated heterocycles. The van der Waals surface area contributed by atoms with Crippen molar-refractivity contribution < 1.29 is 33.5 Å². The molecule has 0 radical (unpaired) electrons. The molecule has 12 heteroatoms. The lowest BCUT2D eigenvalue weighted by atomic mass is 9.95. The van der Waals surface area contributed by atoms with E-state index < -0.39 is 34.2 Å². The van der Waals surface area contributed by atoms with Crippen molar-refractivity contribution in [2.75, 3.05) is 18.1 Å². The maximum Gasteiger partial charge on any atom is 0.301 e. The number of aromatic nitrogens is 1. The molecule has 1 atom stereocenters. The monoisotopic (exact) mass is 533 g/mol. The van der Waals surface area contributed by atoms with E-state index in [0.717, 1.165) is 16.2 Å². The molecular formula is C26H16FN3O7S. The van der Waals surface area contributed by atoms with Gasteiger partial charge in [0.1, 0.15) is 24.8 Å². The summed E-state index contributed by atoms with van der Waals surface area (Å²) in [6, 6.07) is 12.7. The summed E-state index contributed by atoms with van der Waals surface area (Å²) in [4.78, 5) is 42.9. The van der Waals surface area contributed by atoms with E-state index in [1.807, 2.05) is 0 Å². The number of aliphatic hydroxyl groups is 1. The van der Waals surface area contributed by atoms with Gasteiger partial charge in [0.25, 0.3) is 11.5 Å². The van der Waals surface area contributed by atoms with E-state index in [2.05, 4.69) is 4.98 Å². The quantitative estimate of drug-likeness (QED) is 0.131. The number of fused-ring (bicyclic) bond motifs is 2. The number of amides is 1. The van der Waals surface area contributed by atoms with Gasteiger partial charge in [-0.2, -0.15) is 0 Å². The number of aliphatic hydroxyl groups excluding tert-OH is 1. The maximum atomic E-state index is 13.8. The predicted octanol–water partition coefficient (Wildman–Crippen LogP) is 4.74. The lowest BCUT2D eigenvalue weighted by molar-refractivity contribution is -0.384. The first kappa shape index (κ1) is 23.6. The van der Waals surface area contributed by atoms with Crippen LogP contribution in [0.1, 0.15) is 17.2 Å². The standard InChI is InChI=1S/C26H16FN3O7S/c27-15-4-7-17-20(12-15)38-26(28-17)29-22(13-1-5-16(6-2-13)30(34)35)21(24(32)25(29)33)23(31)14-3-8-18-19(11-14)37-10-9-36-18/h1-8,11-12,22,31H,9-10H2. The Morgan fingerprint density at radius 2 is 1.79 bits per heavy atom. The highest BCUT2D eigenvalue weighted by atomic mass is 32.1. The molecule has 4 aromatic rings. The molecule has 2 aliphatic heterocycles. The molecule has 0 bridgehead atoms. The van der Waals surface area contributed by atoms with E-state index in [9.17, 15) is 29.2 Å². The van der Waals surface area contributed by atoms with Crippen molar-refractivity contribution in [1.82, 2.24) is 4.98 Å². The molecule has 1 aromatic heterocycles. The molecule has 190 valence electrons. The minimum Gasteiger partial charge on any atom is -0.507 e. The van der Waals surface area contributed by atoms with Gasteiger partial charge in [0, 0.05) is 17.7 Å². The number of ether oxygens (including phenoxy) is 2. The van der Waals surface area contributed by atoms with Gasteiger partial charge in [0.05, 0.1) is 26.8 Å². The summed E-state index contributed by atoms with van der Waals surface area (Å²) in [6.07, 6.45) is 0. The van der Waals surface area contributed by atoms with E-state index in [4.69, 9.17) is 9.47 Å². The van der Waals surface area contributed by atoms with Crippen LogP contribution in [0.2, 0.25) is 0 Å². The van der Waals surface area contributed by atoms with Gasteiger partial charge in [-0.3, -0.25) is 24.6 Å². The fourth-order valence-corrected chi connectivity index (χ4v) is 5.48. The minimum absolute atomic E-state index is 0.109. The van der Waals surface area contributed by atoms with Crippen molar-refractivity contribution in [2.24, 2.45) is 0 Å². The second-order valence-electron chi connectivity index (χ2n) is 8.48. The average Bonchev–Trinajstić information content (AvgIpc) is 3.45. The number of rotatable bonds is 4. The van der Waals surface area contributed by atoms with Crippen LogP contribution in [-0.2, 0) is 9.59 Å². The maximum absolute atomic E-state index is 13.8. The molecule has 0 aliphatic carbocycles. The molecule has 3 heterocycles. The number of non-ortho nitro benzene ring substituents is 1. The van der Waals surface area contributed by atoms with Gasteiger partial charge < -0.3 is 14.6 Å². The molecule has 1 fully saturated rings. The van der Waals surface area contributed by atoms with Crippen molar-refractivity contribution in [3.8, 4) is 11.5 Å². The van der Waals surface area contributed by atoms with Crippen LogP contribution in [0.4, 0.5) is 15.2 Å². The topological polar surface area (TPSA) is 132 Å². The summed E-state index contributed by atoms with van der Waals surface area (Å²) in [7, 11) is 0. The summed E-state index contributed by atoms with van der Waals surface area (Å²) in [6.45, 7) is 0.679. The molecule has 1 amide bonds. The second kappa shape index (κ2) is 8.92. The Morgan fingerprint density at radius 1 is 1.05 bits per heavy atom. The van der Waals surface area contributed by atoms with Crippen LogP contribution >= 0.6 is 11.3 Å². The summed E-state index contributed by atoms with van der Waals surface area (Å²) in [5.74, 6) is -2.02. The lowest BCUT2D eigenvalue weighted by Gasteiger charge is -2.23. The van der Waals surface area contributed by atoms with Gasteiger partial charge in [-0.25, -0.2) is 9.37 Å². The number of anilines is 1. The van der Waals surface area contributed by atoms with Crippen LogP contribution in [0.3, 0.4) is 0 Å². The number of halogens is 1. The molecule has 2 aliphatic rings. The molecule has 0 spiro atoms. The highest BCUT2D eigenvalue weighted by molar-refractivity contribution is 7.22. The number of benzene rings is 3. The Bertz CT molecular complexity index is 1680. The fourth-order valence-electron chi connectivity index (χ4n) is 4.46. The Hall–Kier alpha value is -4.84. The van der Waals surface area contributed by atoms with E-state index in [1.54, 1.807) is 6.07 Å². The van der Waals surface area contributed by atoms with Crippen LogP contribution in [0, 0.1) is 15.9 Å². The summed E-state index contributed by atoms with van der Waals surface area (Å²) in [5, 5.41) is 22.6. The van der Waals surface area contributed by atoms with Crippen LogP contribution in [0.5, 0.6) is 11.5 Å². The molecule has 3 aromatic carbocycles. The van der Waals surface area contributed by atoms with Gasteiger partial charge in [-0.05, 0) is 54.1 Å². The Morgan fingerprint density at radius 3 is 2.53 bits per heavy atom. The van der Waals surface area contributed by atoms with Crippen LogP contribution in [-0.4, -0.2) is 39.9 Å². The minimum atomic E-state index is -1.16. The largest absolute Gasteiger partial charge is 0.507 e. The van der Waals surface area contributed by atoms with Gasteiger partial charge in [0.15, 0.2) is 16.6 Å². The highest BCUT2D eigenvalue weighted by Gasteiger charge is 2.48. The first-order valence-corrected chi connectivity index (χ1v) is 12.1. The molecule has 0 saturated carbocycles. The fraction of sp³-hybridized carbons (Fsp3) is 0.115. The van der Waals surface area contributed by atoms with Crippen molar-refractivity contribution >= 4 is 49.8 Å². The number of hydrogen-bond acceptors (Lipinski definition) is 9. The number of carbonyl (C=O) groups excluding carboxylic acids is 2. The number of ketones is 1. The Balaban J connectivity index is 1.53. The van der Waals surface area contributed by atoms with Crippen LogP contribution < -0.4 is 14.4 Å². The number of hydrogen-bond donors (Lipinski definition) is 1. The van der Waals surface area contributed by atoms with Crippen molar-refractivity contribution in [3.05, 3.63) is 93.3 Å². The zero-order chi connectivity index (χ0) is 26.6. The third-order valence-electron chi connectivity index (χ3n) is 6.22. The number of nitrogens with zero attached hydrogens (tertiary/aromatic N) is 3. The van der Waals surface area contributed by atoms with Gasteiger partial charge in [-0.1, -0.05) is 11.3 Å². The molecule has 6 rings (SSSR count). The molecule has 10 nitrogen and oxygen atoms in total. The van der Waals surface area contributed by atoms with Crippen molar-refractivity contribution in [3.63, 3.8) is 0 Å². The first-order chi connectivity index (χ1) is 18.3. The van der Waals surface area contributed by atoms with Gasteiger partial charge in [-0.15, -0.1) is 0 Å². The van der Waals surface area contributed by atoms with Crippen molar-refractivity contribution in [2.45, 2.75) is 6.04 Å². The number of carbonyl (C=O) groups is 2. The zero-order valence-electron chi connectivity index (χ0n) is 19.3. The average molecular weight is 533 g/mol. The summed E-state index contributed by atoms with van der Waals surface area (Å²) in [5.41, 5.74) is 0.548. The van der Waals surface area contributed by atoms with E-state index >= 15 is 0 Å². The second-order valence-corrected chi connectivity index (χ2v) is 9.49. The van der Waals surface area contributed by atoms with Gasteiger partial charge >= 0.3 is 5.91 Å². The van der Waals surface area contributed by atoms with E-state index in [0.29, 0.717) is 40.5 Å². The molecular weight excluding hydrogens is 517 g/mol. The number of nitro benzene ring substituents is 1. The first-order valence-electron chi connectivity index (χ1n) is 11.3. The third kappa shape index (κ3) is 3.82. The zero-order valence-corrected chi connectivity index (χ0v) is 20.1. The molecule has 38 heavy (non-hydrogen) atoms. The summed E-state index contributed by atoms with van der Waals surface area (Å²) < 4.78 is 25.4. The Labute approximate surface area is 217 Å². The SMILES string of the molecule is O=C1C(=O)N(c2nc3ccc(F)cc3s2)C(c2ccc([N+](=O)[O-])cc2)C1=C(O)c1ccc2c(c1)OCCO2. The highest BCUT2D eigenvalue weighted by Crippen LogP contribution is 2.45. The third-order valence-corrected chi connectivity index (χ3v) is 7.24. The Kier molecular flexibility index (Phi) is 5.53. The normalized spacial score (nSPS) is 18.2. The number of Topliss-reactive ketones (excluding diaryl/α,β-unsaturated/α-hetero) is 1. The van der Waals surface area contributed by atoms with Crippen molar-refractivity contribution in [1.29, 1.82) is 0 Å². The van der Waals surface area contributed by atoms with E-state index in [1.165, 1.54) is 54.6 Å². The van der Waals surface area contributed by atoms with Crippen LogP contribution in [0.15, 0.2) is 66.2 Å². The molecule has 1 N–H and O–H groups in total. The molecule has 1 unspecified atom stereocenters. The number of nitro groups is 1.